The quantitative estimate of drug-likeness (QED) is 0.770. The molecule has 0 fully saturated rings. The summed E-state index contributed by atoms with van der Waals surface area (Å²) in [5, 5.41) is 9.51. The van der Waals surface area contributed by atoms with Crippen molar-refractivity contribution in [3.8, 4) is 11.5 Å². The van der Waals surface area contributed by atoms with Crippen LogP contribution in [0, 0.1) is 0 Å². The average molecular weight is 215 g/mol. The highest BCUT2D eigenvalue weighted by atomic mass is 16.6. The molecule has 0 amide bonds. The lowest BCUT2D eigenvalue weighted by Crippen LogP contribution is -2.17. The van der Waals surface area contributed by atoms with Crippen LogP contribution in [0.5, 0.6) is 11.5 Å². The van der Waals surface area contributed by atoms with E-state index in [1.807, 2.05) is 42.5 Å². The Labute approximate surface area is 94.3 Å². The van der Waals surface area contributed by atoms with Gasteiger partial charge in [0.25, 0.3) is 0 Å². The summed E-state index contributed by atoms with van der Waals surface area (Å²) < 4.78 is 0. The van der Waals surface area contributed by atoms with Crippen LogP contribution in [0.25, 0.3) is 0 Å². The van der Waals surface area contributed by atoms with Gasteiger partial charge in [-0.25, -0.2) is 0 Å². The van der Waals surface area contributed by atoms with Gasteiger partial charge in [0, 0.05) is 5.56 Å². The maximum absolute atomic E-state index is 9.51. The van der Waals surface area contributed by atoms with Crippen molar-refractivity contribution in [3.63, 3.8) is 0 Å². The fourth-order valence-corrected chi connectivity index (χ4v) is 1.35. The first-order chi connectivity index (χ1) is 7.86. The topological polar surface area (TPSA) is 41.5 Å². The van der Waals surface area contributed by atoms with Crippen molar-refractivity contribution in [2.75, 3.05) is 0 Å². The van der Waals surface area contributed by atoms with Gasteiger partial charge >= 0.3 is 0 Å². The van der Waals surface area contributed by atoms with Crippen molar-refractivity contribution in [2.24, 2.45) is 0 Å². The minimum absolute atomic E-state index is 0.270. The minimum atomic E-state index is 0.270. The molecule has 2 aromatic rings. The molecule has 2 aromatic carbocycles. The molecule has 0 saturated heterocycles. The highest BCUT2D eigenvalue weighted by Crippen LogP contribution is 2.15. The molecule has 0 spiro atoms. The van der Waals surface area contributed by atoms with Crippen molar-refractivity contribution >= 4 is 0 Å². The van der Waals surface area contributed by atoms with E-state index in [0.717, 1.165) is 11.3 Å². The maximum atomic E-state index is 9.51. The van der Waals surface area contributed by atoms with Gasteiger partial charge in [0.1, 0.15) is 11.5 Å². The summed E-state index contributed by atoms with van der Waals surface area (Å²) >= 11 is 0. The van der Waals surface area contributed by atoms with Gasteiger partial charge in [-0.1, -0.05) is 36.4 Å². The van der Waals surface area contributed by atoms with Crippen molar-refractivity contribution in [1.29, 1.82) is 0 Å². The zero-order valence-electron chi connectivity index (χ0n) is 8.76. The van der Waals surface area contributed by atoms with E-state index in [0.29, 0.717) is 6.54 Å². The molecule has 82 valence electrons. The van der Waals surface area contributed by atoms with E-state index >= 15 is 0 Å². The molecule has 0 heterocycles. The van der Waals surface area contributed by atoms with Crippen molar-refractivity contribution < 1.29 is 9.94 Å². The number of hydrogen-bond donors (Lipinski definition) is 2. The fraction of sp³-hybridized carbons (Fsp3) is 0.0769. The van der Waals surface area contributed by atoms with Crippen molar-refractivity contribution in [1.82, 2.24) is 5.48 Å². The largest absolute Gasteiger partial charge is 0.508 e. The molecule has 3 heteroatoms. The van der Waals surface area contributed by atoms with Crippen LogP contribution in [0.15, 0.2) is 54.6 Å². The first-order valence-corrected chi connectivity index (χ1v) is 5.08. The maximum Gasteiger partial charge on any atom is 0.147 e. The van der Waals surface area contributed by atoms with Crippen LogP contribution >= 0.6 is 0 Å². The Kier molecular flexibility index (Phi) is 3.41. The Balaban J connectivity index is 1.87. The van der Waals surface area contributed by atoms with E-state index in [1.165, 1.54) is 0 Å². The number of nitrogens with one attached hydrogen (secondary N) is 1. The second-order valence-corrected chi connectivity index (χ2v) is 3.36. The lowest BCUT2D eigenvalue weighted by Gasteiger charge is -2.07. The molecule has 0 unspecified atom stereocenters. The Morgan fingerprint density at radius 3 is 2.38 bits per heavy atom. The van der Waals surface area contributed by atoms with E-state index in [9.17, 15) is 5.11 Å². The molecule has 0 aliphatic carbocycles. The first-order valence-electron chi connectivity index (χ1n) is 5.08. The number of para-hydroxylation sites is 2. The summed E-state index contributed by atoms with van der Waals surface area (Å²) in [6, 6.07) is 16.6. The standard InChI is InChI=1S/C13H13NO2/c15-13-9-5-4-6-11(13)10-14-16-12-7-2-1-3-8-12/h1-9,14-15H,10H2. The van der Waals surface area contributed by atoms with E-state index in [1.54, 1.807) is 12.1 Å². The number of rotatable bonds is 4. The van der Waals surface area contributed by atoms with Crippen LogP contribution in [0.3, 0.4) is 0 Å². The molecular weight excluding hydrogens is 202 g/mol. The van der Waals surface area contributed by atoms with Crippen LogP contribution in [-0.2, 0) is 6.54 Å². The molecule has 2 N–H and O–H groups in total. The van der Waals surface area contributed by atoms with Gasteiger partial charge in [0.2, 0.25) is 0 Å². The number of aromatic hydroxyl groups is 1. The SMILES string of the molecule is Oc1ccccc1CNOc1ccccc1. The van der Waals surface area contributed by atoms with Crippen LogP contribution in [-0.4, -0.2) is 5.11 Å². The van der Waals surface area contributed by atoms with Crippen molar-refractivity contribution in [2.45, 2.75) is 6.54 Å². The summed E-state index contributed by atoms with van der Waals surface area (Å²) in [5.41, 5.74) is 3.60. The summed E-state index contributed by atoms with van der Waals surface area (Å²) in [6.45, 7) is 0.460. The van der Waals surface area contributed by atoms with E-state index in [2.05, 4.69) is 5.48 Å². The molecule has 0 bridgehead atoms. The van der Waals surface area contributed by atoms with Gasteiger partial charge in [0.05, 0.1) is 6.54 Å². The third-order valence-electron chi connectivity index (χ3n) is 2.19. The highest BCUT2D eigenvalue weighted by Gasteiger charge is 1.98. The lowest BCUT2D eigenvalue weighted by atomic mass is 10.2. The number of benzene rings is 2. The number of hydroxylamine groups is 1. The molecular formula is C13H13NO2. The predicted molar refractivity (Wildman–Crippen MR) is 62.0 cm³/mol. The Hall–Kier alpha value is -2.00. The van der Waals surface area contributed by atoms with Crippen molar-refractivity contribution in [3.05, 3.63) is 60.2 Å². The molecule has 0 aliphatic heterocycles. The minimum Gasteiger partial charge on any atom is -0.508 e. The normalized spacial score (nSPS) is 10.0. The van der Waals surface area contributed by atoms with Crippen LogP contribution in [0.2, 0.25) is 0 Å². The molecule has 0 aromatic heterocycles. The van der Waals surface area contributed by atoms with E-state index in [4.69, 9.17) is 4.84 Å². The number of hydrogen-bond acceptors (Lipinski definition) is 3. The summed E-state index contributed by atoms with van der Waals surface area (Å²) in [6.07, 6.45) is 0. The average Bonchev–Trinajstić information content (AvgIpc) is 2.33. The molecule has 16 heavy (non-hydrogen) atoms. The smallest absolute Gasteiger partial charge is 0.147 e. The summed E-state index contributed by atoms with van der Waals surface area (Å²) in [5.74, 6) is 1.02. The Morgan fingerprint density at radius 2 is 1.62 bits per heavy atom. The third-order valence-corrected chi connectivity index (χ3v) is 2.19. The highest BCUT2D eigenvalue weighted by molar-refractivity contribution is 5.31. The van der Waals surface area contributed by atoms with Gasteiger partial charge in [0.15, 0.2) is 0 Å². The number of phenols is 1. The monoisotopic (exact) mass is 215 g/mol. The molecule has 0 atom stereocenters. The van der Waals surface area contributed by atoms with Gasteiger partial charge < -0.3 is 9.94 Å². The molecule has 0 saturated carbocycles. The van der Waals surface area contributed by atoms with E-state index in [-0.39, 0.29) is 5.75 Å². The molecule has 0 radical (unpaired) electrons. The first kappa shape index (κ1) is 10.5. The van der Waals surface area contributed by atoms with Crippen LogP contribution in [0.4, 0.5) is 0 Å². The van der Waals surface area contributed by atoms with Gasteiger partial charge in [-0.15, -0.1) is 0 Å². The van der Waals surface area contributed by atoms with Gasteiger partial charge in [-0.3, -0.25) is 0 Å². The second-order valence-electron chi connectivity index (χ2n) is 3.36. The lowest BCUT2D eigenvalue weighted by molar-refractivity contribution is 0.189. The fourth-order valence-electron chi connectivity index (χ4n) is 1.35. The van der Waals surface area contributed by atoms with Crippen LogP contribution < -0.4 is 10.3 Å². The molecule has 2 rings (SSSR count). The predicted octanol–water partition coefficient (Wildman–Crippen LogP) is 2.48. The third kappa shape index (κ3) is 2.74. The summed E-state index contributed by atoms with van der Waals surface area (Å²) in [4.78, 5) is 5.30. The zero-order valence-corrected chi connectivity index (χ0v) is 8.76. The van der Waals surface area contributed by atoms with Gasteiger partial charge in [-0.2, -0.15) is 5.48 Å². The van der Waals surface area contributed by atoms with Crippen LogP contribution in [0.1, 0.15) is 5.56 Å². The number of phenolic OH excluding ortho intramolecular Hbond substituents is 1. The Bertz CT molecular complexity index is 443. The van der Waals surface area contributed by atoms with Gasteiger partial charge in [-0.05, 0) is 18.2 Å². The molecule has 3 nitrogen and oxygen atoms in total. The summed E-state index contributed by atoms with van der Waals surface area (Å²) in [7, 11) is 0. The zero-order chi connectivity index (χ0) is 11.2. The Morgan fingerprint density at radius 1 is 0.938 bits per heavy atom. The van der Waals surface area contributed by atoms with E-state index < -0.39 is 0 Å². The molecule has 0 aliphatic rings. The second kappa shape index (κ2) is 5.19.